The van der Waals surface area contributed by atoms with Gasteiger partial charge in [-0.3, -0.25) is 0 Å². The normalized spacial score (nSPS) is 16.1. The van der Waals surface area contributed by atoms with Gasteiger partial charge in [0.1, 0.15) is 5.82 Å². The maximum absolute atomic E-state index is 4.74. The zero-order valence-corrected chi connectivity index (χ0v) is 13.9. The Morgan fingerprint density at radius 1 is 1.04 bits per heavy atom. The van der Waals surface area contributed by atoms with Crippen LogP contribution in [0, 0.1) is 6.92 Å². The van der Waals surface area contributed by atoms with Gasteiger partial charge in [0.25, 0.3) is 0 Å². The Hall–Kier alpha value is -2.88. The molecular formula is C20H20N4. The summed E-state index contributed by atoms with van der Waals surface area (Å²) in [6.45, 7) is 4.31. The number of nitrogens with one attached hydrogen (secondary N) is 1. The average Bonchev–Trinajstić information content (AvgIpc) is 2.93. The van der Waals surface area contributed by atoms with Crippen LogP contribution in [0.2, 0.25) is 0 Å². The Morgan fingerprint density at radius 2 is 1.83 bits per heavy atom. The molecule has 1 N–H and O–H groups in total. The number of fused-ring (bicyclic) bond motifs is 1. The second-order valence-corrected chi connectivity index (χ2v) is 6.23. The number of anilines is 4. The Balaban J connectivity index is 1.67. The minimum Gasteiger partial charge on any atom is -0.324 e. The van der Waals surface area contributed by atoms with Gasteiger partial charge in [0.05, 0.1) is 0 Å². The molecule has 1 aliphatic rings. The second kappa shape index (κ2) is 5.96. The third-order valence-corrected chi connectivity index (χ3v) is 4.49. The van der Waals surface area contributed by atoms with Crippen molar-refractivity contribution in [1.29, 1.82) is 0 Å². The van der Waals surface area contributed by atoms with E-state index in [2.05, 4.69) is 59.4 Å². The fraction of sp³-hybridized carbons (Fsp3) is 0.200. The van der Waals surface area contributed by atoms with Crippen molar-refractivity contribution in [2.24, 2.45) is 0 Å². The van der Waals surface area contributed by atoms with Crippen molar-refractivity contribution in [3.05, 3.63) is 71.9 Å². The summed E-state index contributed by atoms with van der Waals surface area (Å²) in [5.41, 5.74) is 4.82. The lowest BCUT2D eigenvalue weighted by Gasteiger charge is -2.24. The molecule has 3 aromatic rings. The van der Waals surface area contributed by atoms with E-state index in [1.807, 2.05) is 30.5 Å². The predicted molar refractivity (Wildman–Crippen MR) is 98.2 cm³/mol. The largest absolute Gasteiger partial charge is 0.324 e. The van der Waals surface area contributed by atoms with E-state index in [4.69, 9.17) is 4.98 Å². The molecule has 1 aliphatic heterocycles. The van der Waals surface area contributed by atoms with Gasteiger partial charge in [-0.15, -0.1) is 0 Å². The van der Waals surface area contributed by atoms with Crippen LogP contribution >= 0.6 is 0 Å². The first-order valence-electron chi connectivity index (χ1n) is 8.25. The molecule has 0 amide bonds. The van der Waals surface area contributed by atoms with Gasteiger partial charge in [0.15, 0.2) is 0 Å². The third kappa shape index (κ3) is 2.60. The molecule has 4 rings (SSSR count). The van der Waals surface area contributed by atoms with Crippen LogP contribution in [0.25, 0.3) is 0 Å². The smallest absolute Gasteiger partial charge is 0.229 e. The highest BCUT2D eigenvalue weighted by Crippen LogP contribution is 2.37. The van der Waals surface area contributed by atoms with Crippen molar-refractivity contribution in [3.63, 3.8) is 0 Å². The van der Waals surface area contributed by atoms with Gasteiger partial charge in [-0.25, -0.2) is 4.98 Å². The zero-order chi connectivity index (χ0) is 16.5. The monoisotopic (exact) mass is 316 g/mol. The first-order chi connectivity index (χ1) is 11.7. The number of aromatic nitrogens is 2. The van der Waals surface area contributed by atoms with Crippen LogP contribution in [0.4, 0.5) is 23.1 Å². The molecule has 2 heterocycles. The van der Waals surface area contributed by atoms with E-state index in [0.717, 1.165) is 17.9 Å². The molecule has 0 aliphatic carbocycles. The van der Waals surface area contributed by atoms with Gasteiger partial charge in [-0.2, -0.15) is 4.98 Å². The zero-order valence-electron chi connectivity index (χ0n) is 13.9. The van der Waals surface area contributed by atoms with E-state index in [-0.39, 0.29) is 0 Å². The van der Waals surface area contributed by atoms with Crippen LogP contribution in [-0.2, 0) is 6.42 Å². The van der Waals surface area contributed by atoms with E-state index in [1.165, 1.54) is 16.8 Å². The standard InChI is InChI=1S/C20H20N4/c1-14-7-3-5-9-17(14)22-20-21-12-11-19(23-20)24-15(2)13-16-8-4-6-10-18(16)24/h3-12,15H,13H2,1-2H3,(H,21,22,23). The molecule has 0 radical (unpaired) electrons. The van der Waals surface area contributed by atoms with Crippen LogP contribution in [0.5, 0.6) is 0 Å². The quantitative estimate of drug-likeness (QED) is 0.766. The molecule has 4 nitrogen and oxygen atoms in total. The van der Waals surface area contributed by atoms with Crippen LogP contribution in [0.1, 0.15) is 18.1 Å². The number of nitrogens with zero attached hydrogens (tertiary/aromatic N) is 3. The van der Waals surface area contributed by atoms with Crippen molar-refractivity contribution < 1.29 is 0 Å². The Morgan fingerprint density at radius 3 is 2.71 bits per heavy atom. The van der Waals surface area contributed by atoms with Crippen LogP contribution < -0.4 is 10.2 Å². The summed E-state index contributed by atoms with van der Waals surface area (Å²) in [6.07, 6.45) is 2.86. The first-order valence-corrected chi connectivity index (χ1v) is 8.25. The predicted octanol–water partition coefficient (Wildman–Crippen LogP) is 4.61. The SMILES string of the molecule is Cc1ccccc1Nc1nccc(N2c3ccccc3CC2C)n1. The van der Waals surface area contributed by atoms with Crippen molar-refractivity contribution in [2.45, 2.75) is 26.3 Å². The minimum absolute atomic E-state index is 0.392. The van der Waals surface area contributed by atoms with E-state index < -0.39 is 0 Å². The maximum atomic E-state index is 4.74. The van der Waals surface area contributed by atoms with Gasteiger partial charge >= 0.3 is 0 Å². The molecule has 1 aromatic heterocycles. The van der Waals surface area contributed by atoms with Gasteiger partial charge in [-0.1, -0.05) is 36.4 Å². The highest BCUT2D eigenvalue weighted by molar-refractivity contribution is 5.69. The summed E-state index contributed by atoms with van der Waals surface area (Å²) in [6, 6.07) is 19.1. The number of benzene rings is 2. The summed E-state index contributed by atoms with van der Waals surface area (Å²) >= 11 is 0. The van der Waals surface area contributed by atoms with Crippen LogP contribution in [-0.4, -0.2) is 16.0 Å². The summed E-state index contributed by atoms with van der Waals surface area (Å²) in [4.78, 5) is 11.4. The summed E-state index contributed by atoms with van der Waals surface area (Å²) in [5.74, 6) is 1.55. The van der Waals surface area contributed by atoms with Gasteiger partial charge in [-0.05, 0) is 49.6 Å². The molecule has 0 saturated carbocycles. The molecule has 2 aromatic carbocycles. The molecule has 0 spiro atoms. The van der Waals surface area contributed by atoms with Crippen molar-refractivity contribution in [3.8, 4) is 0 Å². The lowest BCUT2D eigenvalue weighted by molar-refractivity contribution is 0.749. The Bertz CT molecular complexity index is 875. The van der Waals surface area contributed by atoms with Crippen LogP contribution in [0.15, 0.2) is 60.8 Å². The lowest BCUT2D eigenvalue weighted by Crippen LogP contribution is -2.25. The van der Waals surface area contributed by atoms with E-state index in [9.17, 15) is 0 Å². The molecule has 120 valence electrons. The fourth-order valence-electron chi connectivity index (χ4n) is 3.29. The van der Waals surface area contributed by atoms with E-state index in [1.54, 1.807) is 0 Å². The highest BCUT2D eigenvalue weighted by atomic mass is 15.3. The van der Waals surface area contributed by atoms with E-state index >= 15 is 0 Å². The first kappa shape index (κ1) is 14.7. The van der Waals surface area contributed by atoms with Crippen molar-refractivity contribution >= 4 is 23.1 Å². The van der Waals surface area contributed by atoms with Gasteiger partial charge in [0, 0.05) is 23.6 Å². The number of rotatable bonds is 3. The topological polar surface area (TPSA) is 41.1 Å². The average molecular weight is 316 g/mol. The summed E-state index contributed by atoms with van der Waals surface area (Å²) in [5, 5.41) is 3.33. The molecule has 0 bridgehead atoms. The highest BCUT2D eigenvalue weighted by Gasteiger charge is 2.27. The van der Waals surface area contributed by atoms with Crippen LogP contribution in [0.3, 0.4) is 0 Å². The Kier molecular flexibility index (Phi) is 3.65. The summed E-state index contributed by atoms with van der Waals surface area (Å²) in [7, 11) is 0. The third-order valence-electron chi connectivity index (χ3n) is 4.49. The molecule has 0 fully saturated rings. The number of para-hydroxylation sites is 2. The molecule has 0 saturated heterocycles. The number of hydrogen-bond donors (Lipinski definition) is 1. The molecule has 1 unspecified atom stereocenters. The van der Waals surface area contributed by atoms with Gasteiger partial charge < -0.3 is 10.2 Å². The van der Waals surface area contributed by atoms with E-state index in [0.29, 0.717) is 12.0 Å². The molecule has 1 atom stereocenters. The molecule has 4 heteroatoms. The van der Waals surface area contributed by atoms with Crippen molar-refractivity contribution in [1.82, 2.24) is 9.97 Å². The lowest BCUT2D eigenvalue weighted by atomic mass is 10.1. The fourth-order valence-corrected chi connectivity index (χ4v) is 3.29. The number of aryl methyl sites for hydroxylation is 1. The number of hydrogen-bond acceptors (Lipinski definition) is 4. The Labute approximate surface area is 142 Å². The molecular weight excluding hydrogens is 296 g/mol. The minimum atomic E-state index is 0.392. The second-order valence-electron chi connectivity index (χ2n) is 6.23. The summed E-state index contributed by atoms with van der Waals surface area (Å²) < 4.78 is 0. The molecule has 24 heavy (non-hydrogen) atoms. The van der Waals surface area contributed by atoms with Crippen molar-refractivity contribution in [2.75, 3.05) is 10.2 Å². The maximum Gasteiger partial charge on any atom is 0.229 e. The van der Waals surface area contributed by atoms with Gasteiger partial charge in [0.2, 0.25) is 5.95 Å².